The SMILES string of the molecule is COc1ccccc1NC(=O)NC1N=C(c2ccccc2)c2ccccc2N(C)C1=O. The first-order valence-electron chi connectivity index (χ1n) is 9.79. The van der Waals surface area contributed by atoms with Gasteiger partial charge in [-0.2, -0.15) is 0 Å². The van der Waals surface area contributed by atoms with E-state index in [1.807, 2.05) is 54.6 Å². The molecule has 0 spiro atoms. The van der Waals surface area contributed by atoms with Gasteiger partial charge in [0, 0.05) is 18.2 Å². The number of aliphatic imine (C=N–C) groups is 1. The van der Waals surface area contributed by atoms with Gasteiger partial charge < -0.3 is 20.3 Å². The Hall–Kier alpha value is -4.13. The lowest BCUT2D eigenvalue weighted by atomic mass is 10.0. The summed E-state index contributed by atoms with van der Waals surface area (Å²) in [5.74, 6) is 0.177. The molecule has 0 saturated carbocycles. The van der Waals surface area contributed by atoms with E-state index in [0.717, 1.165) is 16.8 Å². The van der Waals surface area contributed by atoms with Gasteiger partial charge in [-0.05, 0) is 18.2 Å². The quantitative estimate of drug-likeness (QED) is 0.684. The molecular weight excluding hydrogens is 392 g/mol. The van der Waals surface area contributed by atoms with Gasteiger partial charge in [-0.25, -0.2) is 9.79 Å². The predicted octanol–water partition coefficient (Wildman–Crippen LogP) is 3.66. The maximum absolute atomic E-state index is 13.1. The molecular formula is C24H22N4O3. The first-order valence-corrected chi connectivity index (χ1v) is 9.79. The molecule has 31 heavy (non-hydrogen) atoms. The van der Waals surface area contributed by atoms with E-state index in [4.69, 9.17) is 4.74 Å². The molecule has 1 aliphatic heterocycles. The van der Waals surface area contributed by atoms with Crippen molar-refractivity contribution in [2.24, 2.45) is 4.99 Å². The Morgan fingerprint density at radius 1 is 0.968 bits per heavy atom. The van der Waals surface area contributed by atoms with Crippen molar-refractivity contribution in [1.82, 2.24) is 5.32 Å². The van der Waals surface area contributed by atoms with Crippen molar-refractivity contribution < 1.29 is 14.3 Å². The van der Waals surface area contributed by atoms with Crippen LogP contribution in [0.5, 0.6) is 5.75 Å². The summed E-state index contributed by atoms with van der Waals surface area (Å²) in [6, 6.07) is 23.6. The molecule has 0 aromatic heterocycles. The number of carbonyl (C=O) groups is 2. The highest BCUT2D eigenvalue weighted by atomic mass is 16.5. The maximum atomic E-state index is 13.1. The summed E-state index contributed by atoms with van der Waals surface area (Å²) < 4.78 is 5.27. The largest absolute Gasteiger partial charge is 0.495 e. The number of likely N-dealkylation sites (N-methyl/N-ethyl adjacent to an activating group) is 1. The third kappa shape index (κ3) is 4.11. The molecule has 3 aromatic rings. The Labute approximate surface area is 180 Å². The minimum atomic E-state index is -1.10. The van der Waals surface area contributed by atoms with Crippen LogP contribution in [0.2, 0.25) is 0 Å². The molecule has 0 radical (unpaired) electrons. The number of hydrogen-bond acceptors (Lipinski definition) is 4. The molecule has 0 saturated heterocycles. The van der Waals surface area contributed by atoms with Crippen LogP contribution in [0.4, 0.5) is 16.2 Å². The molecule has 0 bridgehead atoms. The molecule has 3 aromatic carbocycles. The summed E-state index contributed by atoms with van der Waals surface area (Å²) in [7, 11) is 3.20. The smallest absolute Gasteiger partial charge is 0.321 e. The Bertz CT molecular complexity index is 1140. The topological polar surface area (TPSA) is 83.0 Å². The fraction of sp³-hybridized carbons (Fsp3) is 0.125. The van der Waals surface area contributed by atoms with Crippen molar-refractivity contribution >= 4 is 29.0 Å². The van der Waals surface area contributed by atoms with E-state index < -0.39 is 12.2 Å². The van der Waals surface area contributed by atoms with Gasteiger partial charge in [0.25, 0.3) is 5.91 Å². The number of anilines is 2. The van der Waals surface area contributed by atoms with E-state index in [0.29, 0.717) is 17.1 Å². The van der Waals surface area contributed by atoms with Crippen molar-refractivity contribution in [3.05, 3.63) is 90.0 Å². The molecule has 4 rings (SSSR count). The van der Waals surface area contributed by atoms with Crippen LogP contribution >= 0.6 is 0 Å². The van der Waals surface area contributed by atoms with E-state index in [-0.39, 0.29) is 5.91 Å². The van der Waals surface area contributed by atoms with Gasteiger partial charge in [0.1, 0.15) is 5.75 Å². The lowest BCUT2D eigenvalue weighted by Crippen LogP contribution is -2.47. The average Bonchev–Trinajstić information content (AvgIpc) is 2.91. The van der Waals surface area contributed by atoms with E-state index in [1.54, 1.807) is 31.3 Å². The number of benzene rings is 3. The number of para-hydroxylation sites is 3. The van der Waals surface area contributed by atoms with Crippen molar-refractivity contribution in [2.45, 2.75) is 6.17 Å². The first kappa shape index (κ1) is 20.2. The molecule has 0 fully saturated rings. The number of carbonyl (C=O) groups excluding carboxylic acids is 2. The van der Waals surface area contributed by atoms with Gasteiger partial charge in [-0.15, -0.1) is 0 Å². The third-order valence-corrected chi connectivity index (χ3v) is 5.01. The second kappa shape index (κ2) is 8.71. The zero-order valence-electron chi connectivity index (χ0n) is 17.2. The Morgan fingerprint density at radius 3 is 2.42 bits per heavy atom. The van der Waals surface area contributed by atoms with E-state index >= 15 is 0 Å². The van der Waals surface area contributed by atoms with Crippen LogP contribution in [-0.2, 0) is 4.79 Å². The number of nitrogens with zero attached hydrogens (tertiary/aromatic N) is 2. The maximum Gasteiger partial charge on any atom is 0.321 e. The molecule has 156 valence electrons. The van der Waals surface area contributed by atoms with Crippen LogP contribution < -0.4 is 20.3 Å². The minimum Gasteiger partial charge on any atom is -0.495 e. The molecule has 1 aliphatic rings. The van der Waals surface area contributed by atoms with Gasteiger partial charge in [-0.1, -0.05) is 60.7 Å². The number of rotatable bonds is 4. The monoisotopic (exact) mass is 414 g/mol. The fourth-order valence-electron chi connectivity index (χ4n) is 3.47. The number of amides is 3. The molecule has 0 aliphatic carbocycles. The van der Waals surface area contributed by atoms with Crippen molar-refractivity contribution in [3.8, 4) is 5.75 Å². The number of ether oxygens (including phenoxy) is 1. The summed E-state index contributed by atoms with van der Waals surface area (Å²) in [4.78, 5) is 32.0. The lowest BCUT2D eigenvalue weighted by Gasteiger charge is -2.21. The zero-order chi connectivity index (χ0) is 21.8. The van der Waals surface area contributed by atoms with Crippen LogP contribution in [0, 0.1) is 0 Å². The van der Waals surface area contributed by atoms with Gasteiger partial charge >= 0.3 is 6.03 Å². The van der Waals surface area contributed by atoms with Crippen LogP contribution in [-0.4, -0.2) is 38.0 Å². The summed E-state index contributed by atoms with van der Waals surface area (Å²) in [6.07, 6.45) is -1.10. The number of nitrogens with one attached hydrogen (secondary N) is 2. The second-order valence-corrected chi connectivity index (χ2v) is 6.96. The van der Waals surface area contributed by atoms with E-state index in [1.165, 1.54) is 12.0 Å². The van der Waals surface area contributed by atoms with Crippen LogP contribution in [0.3, 0.4) is 0 Å². The van der Waals surface area contributed by atoms with Crippen molar-refractivity contribution in [1.29, 1.82) is 0 Å². The van der Waals surface area contributed by atoms with Crippen LogP contribution in [0.25, 0.3) is 0 Å². The van der Waals surface area contributed by atoms with Crippen LogP contribution in [0.15, 0.2) is 83.9 Å². The minimum absolute atomic E-state index is 0.339. The predicted molar refractivity (Wildman–Crippen MR) is 121 cm³/mol. The van der Waals surface area contributed by atoms with Crippen molar-refractivity contribution in [3.63, 3.8) is 0 Å². The normalized spacial score (nSPS) is 15.4. The number of hydrogen-bond donors (Lipinski definition) is 2. The van der Waals surface area contributed by atoms with Crippen LogP contribution in [0.1, 0.15) is 11.1 Å². The van der Waals surface area contributed by atoms with Crippen molar-refractivity contribution in [2.75, 3.05) is 24.4 Å². The van der Waals surface area contributed by atoms with Gasteiger partial charge in [0.15, 0.2) is 0 Å². The highest BCUT2D eigenvalue weighted by Crippen LogP contribution is 2.27. The summed E-state index contributed by atoms with van der Waals surface area (Å²) in [6.45, 7) is 0. The Balaban J connectivity index is 1.68. The fourth-order valence-corrected chi connectivity index (χ4v) is 3.47. The Morgan fingerprint density at radius 2 is 1.65 bits per heavy atom. The summed E-state index contributed by atoms with van der Waals surface area (Å²) in [5.41, 5.74) is 3.53. The van der Waals surface area contributed by atoms with Gasteiger partial charge in [0.2, 0.25) is 6.17 Å². The van der Waals surface area contributed by atoms with Gasteiger partial charge in [-0.3, -0.25) is 4.79 Å². The molecule has 7 heteroatoms. The third-order valence-electron chi connectivity index (χ3n) is 5.01. The molecule has 3 amide bonds. The lowest BCUT2D eigenvalue weighted by molar-refractivity contribution is -0.119. The number of fused-ring (bicyclic) bond motifs is 1. The Kier molecular flexibility index (Phi) is 5.66. The number of urea groups is 1. The van der Waals surface area contributed by atoms with E-state index in [9.17, 15) is 9.59 Å². The summed E-state index contributed by atoms with van der Waals surface area (Å²) >= 11 is 0. The highest BCUT2D eigenvalue weighted by Gasteiger charge is 2.31. The first-order chi connectivity index (χ1) is 15.1. The number of benzodiazepines with no additional fused rings is 1. The highest BCUT2D eigenvalue weighted by molar-refractivity contribution is 6.20. The van der Waals surface area contributed by atoms with Gasteiger partial charge in [0.05, 0.1) is 24.2 Å². The van der Waals surface area contributed by atoms with E-state index in [2.05, 4.69) is 15.6 Å². The number of methoxy groups -OCH3 is 1. The average molecular weight is 414 g/mol. The standard InChI is InChI=1S/C24H22N4O3/c1-28-19-14-8-6-12-17(19)21(16-10-4-3-5-11-16)26-22(23(28)29)27-24(30)25-18-13-7-9-15-20(18)31-2/h3-15,22H,1-2H3,(H2,25,27,30). The molecule has 2 N–H and O–H groups in total. The molecule has 7 nitrogen and oxygen atoms in total. The zero-order valence-corrected chi connectivity index (χ0v) is 17.2. The second-order valence-electron chi connectivity index (χ2n) is 6.96. The molecule has 1 unspecified atom stereocenters. The molecule has 1 heterocycles. The molecule has 1 atom stereocenters. The summed E-state index contributed by atoms with van der Waals surface area (Å²) in [5, 5.41) is 5.41.